The van der Waals surface area contributed by atoms with Crippen LogP contribution in [0.2, 0.25) is 0 Å². The highest BCUT2D eigenvalue weighted by molar-refractivity contribution is 5.93. The van der Waals surface area contributed by atoms with Crippen molar-refractivity contribution >= 4 is 5.91 Å². The van der Waals surface area contributed by atoms with Gasteiger partial charge in [-0.3, -0.25) is 9.48 Å². The summed E-state index contributed by atoms with van der Waals surface area (Å²) in [5, 5.41) is 4.65. The number of carbonyl (C=O) groups is 1. The molecular weight excluding hydrogens is 338 g/mol. The smallest absolute Gasteiger partial charge is 0.272 e. The largest absolute Gasteiger partial charge is 0.487 e. The molecule has 1 aromatic heterocycles. The number of ether oxygens (including phenoxy) is 1. The number of benzene rings is 2. The molecule has 0 radical (unpaired) electrons. The number of fused-ring (bicyclic) bond motifs is 1. The molecule has 0 unspecified atom stereocenters. The summed E-state index contributed by atoms with van der Waals surface area (Å²) in [6.45, 7) is 5.77. The molecule has 27 heavy (non-hydrogen) atoms. The normalized spacial score (nSPS) is 15.5. The predicted molar refractivity (Wildman–Crippen MR) is 104 cm³/mol. The molecule has 0 saturated carbocycles. The van der Waals surface area contributed by atoms with E-state index in [1.165, 1.54) is 0 Å². The van der Waals surface area contributed by atoms with Gasteiger partial charge in [-0.2, -0.15) is 5.10 Å². The van der Waals surface area contributed by atoms with Crippen LogP contribution in [0.5, 0.6) is 5.75 Å². The molecule has 2 heterocycles. The molecule has 0 fully saturated rings. The third kappa shape index (κ3) is 3.58. The maximum atomic E-state index is 13.0. The lowest BCUT2D eigenvalue weighted by atomic mass is 10.0. The van der Waals surface area contributed by atoms with E-state index >= 15 is 0 Å². The molecule has 138 valence electrons. The van der Waals surface area contributed by atoms with Crippen LogP contribution >= 0.6 is 0 Å². The number of para-hydroxylation sites is 1. The zero-order valence-electron chi connectivity index (χ0n) is 15.6. The fraction of sp³-hybridized carbons (Fsp3) is 0.273. The molecule has 0 saturated heterocycles. The fourth-order valence-electron chi connectivity index (χ4n) is 3.49. The van der Waals surface area contributed by atoms with E-state index in [4.69, 9.17) is 4.74 Å². The van der Waals surface area contributed by atoms with E-state index < -0.39 is 0 Å². The van der Waals surface area contributed by atoms with E-state index in [0.29, 0.717) is 25.4 Å². The van der Waals surface area contributed by atoms with Crippen LogP contribution in [-0.4, -0.2) is 27.1 Å². The molecule has 0 spiro atoms. The van der Waals surface area contributed by atoms with Crippen LogP contribution in [0.25, 0.3) is 0 Å². The Morgan fingerprint density at radius 1 is 1.04 bits per heavy atom. The molecule has 1 aliphatic heterocycles. The number of nitrogens with zero attached hydrogens (tertiary/aromatic N) is 3. The van der Waals surface area contributed by atoms with Gasteiger partial charge in [-0.1, -0.05) is 48.5 Å². The molecule has 0 atom stereocenters. The zero-order valence-corrected chi connectivity index (χ0v) is 15.6. The molecule has 4 rings (SSSR count). The molecular formula is C22H23N3O2. The van der Waals surface area contributed by atoms with Crippen LogP contribution in [0.15, 0.2) is 66.7 Å². The van der Waals surface area contributed by atoms with Gasteiger partial charge in [0.15, 0.2) is 0 Å². The van der Waals surface area contributed by atoms with Gasteiger partial charge in [0.1, 0.15) is 23.7 Å². The summed E-state index contributed by atoms with van der Waals surface area (Å²) in [6, 6.07) is 21.6. The summed E-state index contributed by atoms with van der Waals surface area (Å²) in [6.07, 6.45) is 0. The van der Waals surface area contributed by atoms with Crippen molar-refractivity contribution in [1.82, 2.24) is 14.7 Å². The van der Waals surface area contributed by atoms with Gasteiger partial charge in [0.05, 0.1) is 5.54 Å². The number of amides is 1. The highest BCUT2D eigenvalue weighted by Crippen LogP contribution is 2.28. The lowest BCUT2D eigenvalue weighted by Gasteiger charge is -2.38. The van der Waals surface area contributed by atoms with Gasteiger partial charge in [-0.25, -0.2) is 0 Å². The summed E-state index contributed by atoms with van der Waals surface area (Å²) in [7, 11) is 0. The lowest BCUT2D eigenvalue weighted by Crippen LogP contribution is -2.50. The average molecular weight is 361 g/mol. The van der Waals surface area contributed by atoms with Crippen molar-refractivity contribution in [3.8, 4) is 5.75 Å². The van der Waals surface area contributed by atoms with Crippen LogP contribution in [0.4, 0.5) is 0 Å². The maximum absolute atomic E-state index is 13.0. The van der Waals surface area contributed by atoms with Crippen LogP contribution < -0.4 is 4.74 Å². The SMILES string of the molecule is CC1(C)CN(Cc2ccccc2)C(=O)c2cc(COc3ccccc3)nn21. The topological polar surface area (TPSA) is 47.4 Å². The number of rotatable bonds is 5. The third-order valence-corrected chi connectivity index (χ3v) is 4.76. The first-order valence-electron chi connectivity index (χ1n) is 9.13. The number of hydrogen-bond donors (Lipinski definition) is 0. The molecule has 3 aromatic rings. The maximum Gasteiger partial charge on any atom is 0.272 e. The summed E-state index contributed by atoms with van der Waals surface area (Å²) in [5.74, 6) is 0.802. The second-order valence-corrected chi connectivity index (χ2v) is 7.49. The molecule has 5 heteroatoms. The first-order valence-corrected chi connectivity index (χ1v) is 9.13. The first kappa shape index (κ1) is 17.3. The van der Waals surface area contributed by atoms with Crippen LogP contribution in [-0.2, 0) is 18.7 Å². The minimum atomic E-state index is -0.275. The lowest BCUT2D eigenvalue weighted by molar-refractivity contribution is 0.0555. The Morgan fingerprint density at radius 3 is 2.41 bits per heavy atom. The van der Waals surface area contributed by atoms with Crippen molar-refractivity contribution in [2.45, 2.75) is 32.5 Å². The van der Waals surface area contributed by atoms with Crippen molar-refractivity contribution in [2.75, 3.05) is 6.54 Å². The molecule has 0 N–H and O–H groups in total. The molecule has 0 bridgehead atoms. The Balaban J connectivity index is 1.55. The number of aromatic nitrogens is 2. The quantitative estimate of drug-likeness (QED) is 0.693. The van der Waals surface area contributed by atoms with Gasteiger partial charge in [-0.05, 0) is 37.6 Å². The Hall–Kier alpha value is -3.08. The Labute approximate surface area is 159 Å². The van der Waals surface area contributed by atoms with Gasteiger partial charge < -0.3 is 9.64 Å². The molecule has 1 aliphatic rings. The number of carbonyl (C=O) groups excluding carboxylic acids is 1. The van der Waals surface area contributed by atoms with E-state index in [1.807, 2.05) is 76.3 Å². The fourth-order valence-corrected chi connectivity index (χ4v) is 3.49. The second-order valence-electron chi connectivity index (χ2n) is 7.49. The van der Waals surface area contributed by atoms with Crippen LogP contribution in [0.3, 0.4) is 0 Å². The molecule has 1 amide bonds. The molecule has 2 aromatic carbocycles. The van der Waals surface area contributed by atoms with Gasteiger partial charge >= 0.3 is 0 Å². The molecule has 5 nitrogen and oxygen atoms in total. The van der Waals surface area contributed by atoms with Crippen molar-refractivity contribution in [3.63, 3.8) is 0 Å². The number of hydrogen-bond acceptors (Lipinski definition) is 3. The predicted octanol–water partition coefficient (Wildman–Crippen LogP) is 3.85. The molecule has 0 aliphatic carbocycles. The highest BCUT2D eigenvalue weighted by Gasteiger charge is 2.37. The Morgan fingerprint density at radius 2 is 1.70 bits per heavy atom. The monoisotopic (exact) mass is 361 g/mol. The zero-order chi connectivity index (χ0) is 18.9. The summed E-state index contributed by atoms with van der Waals surface area (Å²) >= 11 is 0. The van der Waals surface area contributed by atoms with Crippen molar-refractivity contribution in [2.24, 2.45) is 0 Å². The standard InChI is InChI=1S/C22H23N3O2/c1-22(2)16-24(14-17-9-5-3-6-10-17)21(26)20-13-18(23-25(20)22)15-27-19-11-7-4-8-12-19/h3-13H,14-16H2,1-2H3. The van der Waals surface area contributed by atoms with E-state index in [-0.39, 0.29) is 11.4 Å². The van der Waals surface area contributed by atoms with Crippen molar-refractivity contribution < 1.29 is 9.53 Å². The highest BCUT2D eigenvalue weighted by atomic mass is 16.5. The van der Waals surface area contributed by atoms with Crippen LogP contribution in [0, 0.1) is 0 Å². The third-order valence-electron chi connectivity index (χ3n) is 4.76. The van der Waals surface area contributed by atoms with E-state index in [9.17, 15) is 4.79 Å². The summed E-state index contributed by atoms with van der Waals surface area (Å²) in [5.41, 5.74) is 2.23. The van der Waals surface area contributed by atoms with Gasteiger partial charge in [0.2, 0.25) is 0 Å². The Kier molecular flexibility index (Phi) is 4.44. The van der Waals surface area contributed by atoms with E-state index in [0.717, 1.165) is 17.0 Å². The van der Waals surface area contributed by atoms with Gasteiger partial charge in [0.25, 0.3) is 5.91 Å². The van der Waals surface area contributed by atoms with Crippen LogP contribution in [0.1, 0.15) is 35.6 Å². The summed E-state index contributed by atoms with van der Waals surface area (Å²) in [4.78, 5) is 14.9. The average Bonchev–Trinajstić information content (AvgIpc) is 3.12. The van der Waals surface area contributed by atoms with Gasteiger partial charge in [-0.15, -0.1) is 0 Å². The second kappa shape index (κ2) is 6.91. The summed E-state index contributed by atoms with van der Waals surface area (Å²) < 4.78 is 7.64. The van der Waals surface area contributed by atoms with Gasteiger partial charge in [0, 0.05) is 13.1 Å². The minimum Gasteiger partial charge on any atom is -0.487 e. The van der Waals surface area contributed by atoms with E-state index in [2.05, 4.69) is 18.9 Å². The first-order chi connectivity index (χ1) is 13.0. The van der Waals surface area contributed by atoms with E-state index in [1.54, 1.807) is 0 Å². The van der Waals surface area contributed by atoms with Crippen molar-refractivity contribution in [3.05, 3.63) is 83.7 Å². The minimum absolute atomic E-state index is 0.0108. The Bertz CT molecular complexity index is 933. The van der Waals surface area contributed by atoms with Crippen molar-refractivity contribution in [1.29, 1.82) is 0 Å².